The SMILES string of the molecule is Cc1csc2nc(NC(=O)c3cc(F)ccc3F)nn12. The molecule has 0 radical (unpaired) electrons. The summed E-state index contributed by atoms with van der Waals surface area (Å²) >= 11 is 1.37. The molecule has 2 aromatic heterocycles. The Morgan fingerprint density at radius 1 is 1.40 bits per heavy atom. The Morgan fingerprint density at radius 2 is 2.20 bits per heavy atom. The van der Waals surface area contributed by atoms with E-state index < -0.39 is 17.5 Å². The minimum Gasteiger partial charge on any atom is -0.289 e. The van der Waals surface area contributed by atoms with E-state index in [9.17, 15) is 13.6 Å². The summed E-state index contributed by atoms with van der Waals surface area (Å²) in [4.78, 5) is 16.5. The quantitative estimate of drug-likeness (QED) is 0.790. The highest BCUT2D eigenvalue weighted by atomic mass is 32.1. The zero-order valence-corrected chi connectivity index (χ0v) is 11.0. The van der Waals surface area contributed by atoms with E-state index in [4.69, 9.17) is 0 Å². The number of hydrogen-bond acceptors (Lipinski definition) is 4. The molecular weight excluding hydrogens is 286 g/mol. The number of hydrogen-bond donors (Lipinski definition) is 1. The lowest BCUT2D eigenvalue weighted by atomic mass is 10.2. The predicted octanol–water partition coefficient (Wildman–Crippen LogP) is 2.63. The van der Waals surface area contributed by atoms with Crippen molar-refractivity contribution in [3.05, 3.63) is 46.5 Å². The Hall–Kier alpha value is -2.35. The highest BCUT2D eigenvalue weighted by Crippen LogP contribution is 2.16. The van der Waals surface area contributed by atoms with Crippen LogP contribution < -0.4 is 5.32 Å². The standard InChI is InChI=1S/C12H8F2N4OS/c1-6-5-20-12-16-11(17-18(6)12)15-10(19)8-4-7(13)2-3-9(8)14/h2-5H,1H3,(H,15,17,19). The maximum Gasteiger partial charge on any atom is 0.261 e. The summed E-state index contributed by atoms with van der Waals surface area (Å²) in [6, 6.07) is 2.67. The number of halogens is 2. The maximum atomic E-state index is 13.5. The van der Waals surface area contributed by atoms with Crippen LogP contribution in [-0.2, 0) is 0 Å². The molecule has 1 amide bonds. The molecule has 0 aliphatic rings. The summed E-state index contributed by atoms with van der Waals surface area (Å²) in [5, 5.41) is 8.27. The van der Waals surface area contributed by atoms with Gasteiger partial charge in [0.2, 0.25) is 4.96 Å². The normalized spacial score (nSPS) is 10.9. The van der Waals surface area contributed by atoms with E-state index in [0.29, 0.717) is 4.96 Å². The number of aryl methyl sites for hydroxylation is 1. The van der Waals surface area contributed by atoms with Crippen molar-refractivity contribution in [3.63, 3.8) is 0 Å². The van der Waals surface area contributed by atoms with Gasteiger partial charge < -0.3 is 0 Å². The Balaban J connectivity index is 1.90. The van der Waals surface area contributed by atoms with Crippen molar-refractivity contribution in [2.75, 3.05) is 5.32 Å². The van der Waals surface area contributed by atoms with Gasteiger partial charge >= 0.3 is 0 Å². The largest absolute Gasteiger partial charge is 0.289 e. The molecule has 5 nitrogen and oxygen atoms in total. The second-order valence-electron chi connectivity index (χ2n) is 4.09. The molecule has 0 unspecified atom stereocenters. The first-order valence-corrected chi connectivity index (χ1v) is 6.50. The first-order chi connectivity index (χ1) is 9.54. The minimum atomic E-state index is -0.805. The third kappa shape index (κ3) is 2.14. The summed E-state index contributed by atoms with van der Waals surface area (Å²) in [5.41, 5.74) is 0.481. The van der Waals surface area contributed by atoms with E-state index in [0.717, 1.165) is 23.9 Å². The van der Waals surface area contributed by atoms with Gasteiger partial charge in [-0.15, -0.1) is 16.4 Å². The van der Waals surface area contributed by atoms with Gasteiger partial charge in [0, 0.05) is 5.38 Å². The summed E-state index contributed by atoms with van der Waals surface area (Å²) in [5.74, 6) is -2.24. The highest BCUT2D eigenvalue weighted by Gasteiger charge is 2.16. The minimum absolute atomic E-state index is 0.0496. The lowest BCUT2D eigenvalue weighted by Gasteiger charge is -2.02. The van der Waals surface area contributed by atoms with Crippen LogP contribution in [0.4, 0.5) is 14.7 Å². The van der Waals surface area contributed by atoms with Gasteiger partial charge in [-0.05, 0) is 25.1 Å². The fourth-order valence-electron chi connectivity index (χ4n) is 1.69. The molecular formula is C12H8F2N4OS. The van der Waals surface area contributed by atoms with E-state index in [1.54, 1.807) is 4.52 Å². The summed E-state index contributed by atoms with van der Waals surface area (Å²) < 4.78 is 28.1. The summed E-state index contributed by atoms with van der Waals surface area (Å²) in [6.07, 6.45) is 0. The number of thiazole rings is 1. The van der Waals surface area contributed by atoms with Gasteiger partial charge in [0.05, 0.1) is 11.3 Å². The van der Waals surface area contributed by atoms with Crippen LogP contribution in [0.5, 0.6) is 0 Å². The van der Waals surface area contributed by atoms with Crippen molar-refractivity contribution in [2.24, 2.45) is 0 Å². The van der Waals surface area contributed by atoms with Gasteiger partial charge in [-0.1, -0.05) is 0 Å². The number of amides is 1. The van der Waals surface area contributed by atoms with Gasteiger partial charge in [-0.3, -0.25) is 10.1 Å². The second-order valence-corrected chi connectivity index (χ2v) is 4.92. The number of carbonyl (C=O) groups is 1. The third-order valence-corrected chi connectivity index (χ3v) is 3.58. The molecule has 1 aromatic carbocycles. The van der Waals surface area contributed by atoms with Crippen LogP contribution in [-0.4, -0.2) is 20.5 Å². The molecule has 0 fully saturated rings. The average molecular weight is 294 g/mol. The predicted molar refractivity (Wildman–Crippen MR) is 69.9 cm³/mol. The molecule has 0 atom stereocenters. The van der Waals surface area contributed by atoms with E-state index in [1.165, 1.54) is 11.3 Å². The number of benzene rings is 1. The number of fused-ring (bicyclic) bond motifs is 1. The van der Waals surface area contributed by atoms with E-state index in [1.807, 2.05) is 12.3 Å². The second kappa shape index (κ2) is 4.64. The molecule has 1 N–H and O–H groups in total. The van der Waals surface area contributed by atoms with Crippen LogP contribution in [0.1, 0.15) is 16.1 Å². The Bertz CT molecular complexity index is 811. The number of anilines is 1. The topological polar surface area (TPSA) is 59.3 Å². The van der Waals surface area contributed by atoms with Crippen LogP contribution in [0.2, 0.25) is 0 Å². The molecule has 3 aromatic rings. The van der Waals surface area contributed by atoms with Crippen molar-refractivity contribution >= 4 is 28.2 Å². The smallest absolute Gasteiger partial charge is 0.261 e. The first kappa shape index (κ1) is 12.7. The van der Waals surface area contributed by atoms with E-state index in [-0.39, 0.29) is 11.5 Å². The Labute approximate surface area is 115 Å². The van der Waals surface area contributed by atoms with Gasteiger partial charge in [-0.25, -0.2) is 13.3 Å². The summed E-state index contributed by atoms with van der Waals surface area (Å²) in [7, 11) is 0. The number of nitrogens with zero attached hydrogens (tertiary/aromatic N) is 3. The molecule has 2 heterocycles. The number of rotatable bonds is 2. The fourth-order valence-corrected chi connectivity index (χ4v) is 2.48. The van der Waals surface area contributed by atoms with Crippen LogP contribution in [0.15, 0.2) is 23.6 Å². The molecule has 0 bridgehead atoms. The monoisotopic (exact) mass is 294 g/mol. The van der Waals surface area contributed by atoms with Crippen LogP contribution >= 0.6 is 11.3 Å². The van der Waals surface area contributed by atoms with Crippen molar-refractivity contribution in [1.29, 1.82) is 0 Å². The average Bonchev–Trinajstić information content (AvgIpc) is 2.95. The molecule has 0 saturated carbocycles. The lowest BCUT2D eigenvalue weighted by molar-refractivity contribution is 0.102. The van der Waals surface area contributed by atoms with Crippen molar-refractivity contribution < 1.29 is 13.6 Å². The molecule has 0 spiro atoms. The van der Waals surface area contributed by atoms with Gasteiger partial charge in [0.1, 0.15) is 11.6 Å². The molecule has 20 heavy (non-hydrogen) atoms. The lowest BCUT2D eigenvalue weighted by Crippen LogP contribution is -2.15. The Morgan fingerprint density at radius 3 is 2.95 bits per heavy atom. The molecule has 0 aliphatic carbocycles. The molecule has 8 heteroatoms. The summed E-state index contributed by atoms with van der Waals surface area (Å²) in [6.45, 7) is 1.84. The highest BCUT2D eigenvalue weighted by molar-refractivity contribution is 7.15. The number of carbonyl (C=O) groups excluding carboxylic acids is 1. The molecule has 102 valence electrons. The zero-order valence-electron chi connectivity index (χ0n) is 10.2. The Kier molecular flexibility index (Phi) is 2.94. The van der Waals surface area contributed by atoms with E-state index >= 15 is 0 Å². The van der Waals surface area contributed by atoms with Gasteiger partial charge in [0.15, 0.2) is 0 Å². The van der Waals surface area contributed by atoms with Crippen LogP contribution in [0.25, 0.3) is 4.96 Å². The number of nitrogens with one attached hydrogen (secondary N) is 1. The van der Waals surface area contributed by atoms with Crippen molar-refractivity contribution in [2.45, 2.75) is 6.92 Å². The molecule has 0 aliphatic heterocycles. The van der Waals surface area contributed by atoms with Crippen LogP contribution in [0.3, 0.4) is 0 Å². The molecule has 3 rings (SSSR count). The molecule has 0 saturated heterocycles. The third-order valence-electron chi connectivity index (χ3n) is 2.64. The van der Waals surface area contributed by atoms with Crippen LogP contribution in [0, 0.1) is 18.6 Å². The van der Waals surface area contributed by atoms with Gasteiger partial charge in [0.25, 0.3) is 11.9 Å². The van der Waals surface area contributed by atoms with Crippen molar-refractivity contribution in [3.8, 4) is 0 Å². The van der Waals surface area contributed by atoms with Gasteiger partial charge in [-0.2, -0.15) is 4.98 Å². The van der Waals surface area contributed by atoms with E-state index in [2.05, 4.69) is 15.4 Å². The fraction of sp³-hybridized carbons (Fsp3) is 0.0833. The zero-order chi connectivity index (χ0) is 14.3. The maximum absolute atomic E-state index is 13.5. The number of aromatic nitrogens is 3. The first-order valence-electron chi connectivity index (χ1n) is 5.62. The van der Waals surface area contributed by atoms with Crippen molar-refractivity contribution in [1.82, 2.24) is 14.6 Å².